The molecule has 0 amide bonds. The van der Waals surface area contributed by atoms with Crippen LogP contribution < -0.4 is 16.2 Å². The molecule has 0 unspecified atom stereocenters. The summed E-state index contributed by atoms with van der Waals surface area (Å²) < 4.78 is 0. The first-order valence-electron chi connectivity index (χ1n) is 5.77. The maximum atomic E-state index is 5.34. The molecule has 2 aromatic heterocycles. The Labute approximate surface area is 106 Å². The number of nitrogens with zero attached hydrogens (tertiary/aromatic N) is 4. The van der Waals surface area contributed by atoms with Gasteiger partial charge in [-0.05, 0) is 19.1 Å². The molecule has 0 saturated carbocycles. The summed E-state index contributed by atoms with van der Waals surface area (Å²) in [5.41, 5.74) is 3.52. The minimum Gasteiger partial charge on any atom is -0.351 e. The molecule has 0 aliphatic carbocycles. The van der Waals surface area contributed by atoms with Gasteiger partial charge >= 0.3 is 0 Å². The number of nitrogen functional groups attached to an aromatic ring is 1. The highest BCUT2D eigenvalue weighted by molar-refractivity contribution is 5.47. The summed E-state index contributed by atoms with van der Waals surface area (Å²) in [7, 11) is 0. The highest BCUT2D eigenvalue weighted by Gasteiger charge is 2.08. The van der Waals surface area contributed by atoms with Crippen LogP contribution in [0.25, 0.3) is 0 Å². The zero-order valence-corrected chi connectivity index (χ0v) is 10.2. The zero-order chi connectivity index (χ0) is 12.8. The molecule has 0 saturated heterocycles. The van der Waals surface area contributed by atoms with E-state index in [-0.39, 0.29) is 0 Å². The van der Waals surface area contributed by atoms with Crippen molar-refractivity contribution >= 4 is 11.6 Å². The number of nitrogens with one attached hydrogen (secondary N) is 1. The maximum Gasteiger partial charge on any atom is 0.145 e. The van der Waals surface area contributed by atoms with Gasteiger partial charge in [0.2, 0.25) is 0 Å². The molecule has 94 valence electrons. The molecule has 0 atom stereocenters. The summed E-state index contributed by atoms with van der Waals surface area (Å²) in [4.78, 5) is 14.6. The predicted molar refractivity (Wildman–Crippen MR) is 70.8 cm³/mol. The normalized spacial score (nSPS) is 10.1. The summed E-state index contributed by atoms with van der Waals surface area (Å²) >= 11 is 0. The summed E-state index contributed by atoms with van der Waals surface area (Å²) in [6.45, 7) is 3.61. The number of hydrogen-bond donors (Lipinski definition) is 2. The van der Waals surface area contributed by atoms with Crippen LogP contribution in [-0.2, 0) is 6.54 Å². The number of rotatable bonds is 5. The van der Waals surface area contributed by atoms with E-state index in [0.717, 1.165) is 18.1 Å². The van der Waals surface area contributed by atoms with Crippen molar-refractivity contribution in [1.82, 2.24) is 15.0 Å². The second-order valence-electron chi connectivity index (χ2n) is 3.74. The quantitative estimate of drug-likeness (QED) is 0.607. The molecule has 0 spiro atoms. The Balaban J connectivity index is 2.17. The van der Waals surface area contributed by atoms with Gasteiger partial charge in [0, 0.05) is 18.8 Å². The van der Waals surface area contributed by atoms with Gasteiger partial charge in [-0.15, -0.1) is 0 Å². The van der Waals surface area contributed by atoms with Crippen molar-refractivity contribution in [1.29, 1.82) is 0 Å². The first-order valence-corrected chi connectivity index (χ1v) is 5.77. The first kappa shape index (κ1) is 12.3. The Morgan fingerprint density at radius 1 is 1.28 bits per heavy atom. The molecule has 0 bridgehead atoms. The molecule has 6 nitrogen and oxygen atoms in total. The molecule has 2 rings (SSSR count). The van der Waals surface area contributed by atoms with E-state index >= 15 is 0 Å². The molecule has 2 heterocycles. The molecule has 0 radical (unpaired) electrons. The molecule has 6 heteroatoms. The van der Waals surface area contributed by atoms with E-state index in [1.807, 2.05) is 24.3 Å². The number of nitrogens with two attached hydrogens (primary N) is 1. The van der Waals surface area contributed by atoms with Crippen LogP contribution in [0.1, 0.15) is 12.6 Å². The van der Waals surface area contributed by atoms with Gasteiger partial charge in [-0.1, -0.05) is 6.07 Å². The molecule has 0 aliphatic rings. The maximum absolute atomic E-state index is 5.34. The van der Waals surface area contributed by atoms with E-state index in [4.69, 9.17) is 5.84 Å². The molecule has 3 N–H and O–H groups in total. The van der Waals surface area contributed by atoms with Crippen molar-refractivity contribution in [3.05, 3.63) is 42.5 Å². The van der Waals surface area contributed by atoms with Gasteiger partial charge in [-0.2, -0.15) is 0 Å². The van der Waals surface area contributed by atoms with E-state index in [9.17, 15) is 0 Å². The van der Waals surface area contributed by atoms with Crippen molar-refractivity contribution in [2.45, 2.75) is 13.5 Å². The minimum atomic E-state index is 0.597. The molecular weight excluding hydrogens is 228 g/mol. The topological polar surface area (TPSA) is 80.0 Å². The Morgan fingerprint density at radius 2 is 2.17 bits per heavy atom. The third kappa shape index (κ3) is 2.92. The highest BCUT2D eigenvalue weighted by Crippen LogP contribution is 2.15. The van der Waals surface area contributed by atoms with Crippen molar-refractivity contribution < 1.29 is 0 Å². The van der Waals surface area contributed by atoms with E-state index in [1.54, 1.807) is 6.20 Å². The van der Waals surface area contributed by atoms with Crippen molar-refractivity contribution in [3.8, 4) is 0 Å². The van der Waals surface area contributed by atoms with Gasteiger partial charge in [-0.25, -0.2) is 15.8 Å². The van der Waals surface area contributed by atoms with Crippen LogP contribution in [0, 0.1) is 0 Å². The molecule has 0 aromatic carbocycles. The lowest BCUT2D eigenvalue weighted by atomic mass is 10.3. The largest absolute Gasteiger partial charge is 0.351 e. The average molecular weight is 244 g/mol. The highest BCUT2D eigenvalue weighted by atomic mass is 15.3. The fraction of sp³-hybridized carbons (Fsp3) is 0.250. The number of aromatic nitrogens is 3. The molecule has 0 aliphatic heterocycles. The predicted octanol–water partition coefficient (Wildman–Crippen LogP) is 1.18. The van der Waals surface area contributed by atoms with E-state index in [1.165, 1.54) is 6.33 Å². The monoisotopic (exact) mass is 244 g/mol. The van der Waals surface area contributed by atoms with Gasteiger partial charge in [0.1, 0.15) is 18.0 Å². The molecule has 0 fully saturated rings. The SMILES string of the molecule is CCN(Cc1ccccn1)c1cc(NN)ncn1. The van der Waals surface area contributed by atoms with Crippen LogP contribution in [0.15, 0.2) is 36.8 Å². The molecule has 2 aromatic rings. The van der Waals surface area contributed by atoms with Gasteiger partial charge in [-0.3, -0.25) is 4.98 Å². The lowest BCUT2D eigenvalue weighted by Crippen LogP contribution is -2.24. The van der Waals surface area contributed by atoms with Crippen LogP contribution in [0.5, 0.6) is 0 Å². The summed E-state index contributed by atoms with van der Waals surface area (Å²) in [6, 6.07) is 7.68. The third-order valence-electron chi connectivity index (χ3n) is 2.59. The van der Waals surface area contributed by atoms with E-state index < -0.39 is 0 Å². The second-order valence-corrected chi connectivity index (χ2v) is 3.74. The van der Waals surface area contributed by atoms with Gasteiger partial charge < -0.3 is 10.3 Å². The zero-order valence-electron chi connectivity index (χ0n) is 10.2. The lowest BCUT2D eigenvalue weighted by Gasteiger charge is -2.21. The Bertz CT molecular complexity index is 487. The standard InChI is InChI=1S/C12H16N6/c1-2-18(8-10-5-3-4-6-14-10)12-7-11(17-13)15-9-16-12/h3-7,9H,2,8,13H2,1H3,(H,15,16,17). The number of hydrogen-bond acceptors (Lipinski definition) is 6. The van der Waals surface area contributed by atoms with Crippen LogP contribution >= 0.6 is 0 Å². The fourth-order valence-electron chi connectivity index (χ4n) is 1.64. The third-order valence-corrected chi connectivity index (χ3v) is 2.59. The van der Waals surface area contributed by atoms with E-state index in [2.05, 4.69) is 32.2 Å². The van der Waals surface area contributed by atoms with Crippen LogP contribution in [0.3, 0.4) is 0 Å². The summed E-state index contributed by atoms with van der Waals surface area (Å²) in [5.74, 6) is 6.76. The molecule has 18 heavy (non-hydrogen) atoms. The Hall–Kier alpha value is -2.21. The van der Waals surface area contributed by atoms with Crippen LogP contribution in [-0.4, -0.2) is 21.5 Å². The van der Waals surface area contributed by atoms with Gasteiger partial charge in [0.25, 0.3) is 0 Å². The van der Waals surface area contributed by atoms with Crippen molar-refractivity contribution in [3.63, 3.8) is 0 Å². The van der Waals surface area contributed by atoms with Crippen molar-refractivity contribution in [2.75, 3.05) is 16.9 Å². The fourth-order valence-corrected chi connectivity index (χ4v) is 1.64. The smallest absolute Gasteiger partial charge is 0.145 e. The van der Waals surface area contributed by atoms with Crippen molar-refractivity contribution in [2.24, 2.45) is 5.84 Å². The minimum absolute atomic E-state index is 0.597. The summed E-state index contributed by atoms with van der Waals surface area (Å²) in [6.07, 6.45) is 3.28. The van der Waals surface area contributed by atoms with Crippen LogP contribution in [0.4, 0.5) is 11.6 Å². The Kier molecular flexibility index (Phi) is 4.03. The second kappa shape index (κ2) is 5.92. The van der Waals surface area contributed by atoms with E-state index in [0.29, 0.717) is 12.4 Å². The number of pyridine rings is 1. The first-order chi connectivity index (χ1) is 8.83. The lowest BCUT2D eigenvalue weighted by molar-refractivity contribution is 0.791. The van der Waals surface area contributed by atoms with Crippen LogP contribution in [0.2, 0.25) is 0 Å². The number of anilines is 2. The summed E-state index contributed by atoms with van der Waals surface area (Å²) in [5, 5.41) is 0. The van der Waals surface area contributed by atoms with Gasteiger partial charge in [0.15, 0.2) is 0 Å². The average Bonchev–Trinajstić information content (AvgIpc) is 2.46. The Morgan fingerprint density at radius 3 is 2.83 bits per heavy atom. The molecular formula is C12H16N6. The number of hydrazine groups is 1. The van der Waals surface area contributed by atoms with Gasteiger partial charge in [0.05, 0.1) is 12.2 Å².